The lowest BCUT2D eigenvalue weighted by atomic mass is 10.2. The Labute approximate surface area is 111 Å². The van der Waals surface area contributed by atoms with Gasteiger partial charge in [0.15, 0.2) is 0 Å². The van der Waals surface area contributed by atoms with Gasteiger partial charge in [-0.15, -0.1) is 0 Å². The summed E-state index contributed by atoms with van der Waals surface area (Å²) in [6.07, 6.45) is 1.80. The summed E-state index contributed by atoms with van der Waals surface area (Å²) in [6.45, 7) is 4.86. The van der Waals surface area contributed by atoms with Crippen molar-refractivity contribution in [3.8, 4) is 0 Å². The first kappa shape index (κ1) is 14.2. The van der Waals surface area contributed by atoms with Gasteiger partial charge in [-0.2, -0.15) is 5.10 Å². The Morgan fingerprint density at radius 1 is 1.65 bits per heavy atom. The van der Waals surface area contributed by atoms with Crippen molar-refractivity contribution in [2.24, 2.45) is 7.05 Å². The fraction of sp³-hybridized carbons (Fsp3) is 0.667. The monoisotopic (exact) mass is 301 g/mol. The SMILES string of the molecule is CCc1cc(C(=O)N(C)CCC(C)Br)n(C)n1. The van der Waals surface area contributed by atoms with Crippen LogP contribution in [0.5, 0.6) is 0 Å². The second-order valence-electron chi connectivity index (χ2n) is 4.29. The number of carbonyl (C=O) groups excluding carboxylic acids is 1. The Morgan fingerprint density at radius 2 is 2.29 bits per heavy atom. The quantitative estimate of drug-likeness (QED) is 0.782. The smallest absolute Gasteiger partial charge is 0.271 e. The zero-order chi connectivity index (χ0) is 13.0. The molecule has 1 atom stereocenters. The highest BCUT2D eigenvalue weighted by atomic mass is 79.9. The van der Waals surface area contributed by atoms with Gasteiger partial charge in [0, 0.05) is 25.5 Å². The molecule has 0 bridgehead atoms. The molecule has 1 rings (SSSR count). The Bertz CT molecular complexity index is 387. The number of halogens is 1. The molecule has 0 saturated carbocycles. The van der Waals surface area contributed by atoms with Crippen LogP contribution in [0.2, 0.25) is 0 Å². The minimum atomic E-state index is 0.0350. The molecule has 1 aromatic rings. The van der Waals surface area contributed by atoms with Crippen LogP contribution in [0.4, 0.5) is 0 Å². The Kier molecular flexibility index (Phi) is 5.18. The van der Waals surface area contributed by atoms with Crippen LogP contribution in [-0.4, -0.2) is 39.0 Å². The molecule has 1 unspecified atom stereocenters. The molecule has 96 valence electrons. The average Bonchev–Trinajstić information content (AvgIpc) is 2.66. The molecule has 0 radical (unpaired) electrons. The second kappa shape index (κ2) is 6.19. The largest absolute Gasteiger partial charge is 0.340 e. The Morgan fingerprint density at radius 3 is 2.76 bits per heavy atom. The van der Waals surface area contributed by atoms with E-state index in [0.29, 0.717) is 10.5 Å². The van der Waals surface area contributed by atoms with Crippen molar-refractivity contribution in [2.75, 3.05) is 13.6 Å². The van der Waals surface area contributed by atoms with E-state index in [1.807, 2.05) is 27.1 Å². The van der Waals surface area contributed by atoms with Crippen LogP contribution in [0.3, 0.4) is 0 Å². The van der Waals surface area contributed by atoms with Gasteiger partial charge >= 0.3 is 0 Å². The first-order valence-electron chi connectivity index (χ1n) is 5.88. The minimum absolute atomic E-state index is 0.0350. The van der Waals surface area contributed by atoms with Crippen LogP contribution in [0, 0.1) is 0 Å². The van der Waals surface area contributed by atoms with E-state index in [4.69, 9.17) is 0 Å². The van der Waals surface area contributed by atoms with Crippen molar-refractivity contribution in [2.45, 2.75) is 31.5 Å². The summed E-state index contributed by atoms with van der Waals surface area (Å²) in [7, 11) is 3.64. The lowest BCUT2D eigenvalue weighted by Gasteiger charge is -2.17. The van der Waals surface area contributed by atoms with Gasteiger partial charge in [-0.05, 0) is 18.9 Å². The summed E-state index contributed by atoms with van der Waals surface area (Å²) in [4.78, 5) is 14.3. The normalized spacial score (nSPS) is 12.5. The van der Waals surface area contributed by atoms with E-state index in [1.54, 1.807) is 9.58 Å². The Hall–Kier alpha value is -0.840. The minimum Gasteiger partial charge on any atom is -0.340 e. The number of nitrogens with zero attached hydrogens (tertiary/aromatic N) is 3. The molecule has 0 aliphatic heterocycles. The number of aromatic nitrogens is 2. The molecular weight excluding hydrogens is 282 g/mol. The van der Waals surface area contributed by atoms with Gasteiger partial charge in [0.25, 0.3) is 5.91 Å². The average molecular weight is 302 g/mol. The number of aryl methyl sites for hydroxylation is 2. The first-order valence-corrected chi connectivity index (χ1v) is 6.79. The molecule has 0 saturated heterocycles. The number of hydrogen-bond donors (Lipinski definition) is 0. The number of rotatable bonds is 5. The molecule has 17 heavy (non-hydrogen) atoms. The molecule has 1 heterocycles. The fourth-order valence-electron chi connectivity index (χ4n) is 1.57. The van der Waals surface area contributed by atoms with Crippen molar-refractivity contribution < 1.29 is 4.79 Å². The highest BCUT2D eigenvalue weighted by molar-refractivity contribution is 9.09. The van der Waals surface area contributed by atoms with Gasteiger partial charge in [-0.25, -0.2) is 0 Å². The van der Waals surface area contributed by atoms with Crippen molar-refractivity contribution in [1.82, 2.24) is 14.7 Å². The molecule has 1 aromatic heterocycles. The number of amides is 1. The van der Waals surface area contributed by atoms with E-state index < -0.39 is 0 Å². The lowest BCUT2D eigenvalue weighted by Crippen LogP contribution is -2.30. The first-order chi connectivity index (χ1) is 7.95. The molecular formula is C12H20BrN3O. The van der Waals surface area contributed by atoms with E-state index in [1.165, 1.54) is 0 Å². The van der Waals surface area contributed by atoms with Gasteiger partial charge in [-0.1, -0.05) is 29.8 Å². The molecule has 0 aromatic carbocycles. The van der Waals surface area contributed by atoms with Crippen molar-refractivity contribution in [1.29, 1.82) is 0 Å². The molecule has 5 heteroatoms. The molecule has 0 aliphatic rings. The number of alkyl halides is 1. The molecule has 0 aliphatic carbocycles. The fourth-order valence-corrected chi connectivity index (χ4v) is 1.77. The number of hydrogen-bond acceptors (Lipinski definition) is 2. The van der Waals surface area contributed by atoms with Crippen molar-refractivity contribution in [3.63, 3.8) is 0 Å². The van der Waals surface area contributed by atoms with Gasteiger partial charge < -0.3 is 4.90 Å². The molecule has 0 fully saturated rings. The standard InChI is InChI=1S/C12H20BrN3O/c1-5-10-8-11(16(4)14-10)12(17)15(3)7-6-9(2)13/h8-9H,5-7H2,1-4H3. The van der Waals surface area contributed by atoms with E-state index in [2.05, 4.69) is 28.0 Å². The summed E-state index contributed by atoms with van der Waals surface area (Å²) in [5, 5.41) is 4.29. The predicted octanol–water partition coefficient (Wildman–Crippen LogP) is 2.23. The van der Waals surface area contributed by atoms with Crippen LogP contribution in [-0.2, 0) is 13.5 Å². The summed E-state index contributed by atoms with van der Waals surface area (Å²) < 4.78 is 1.66. The zero-order valence-corrected chi connectivity index (χ0v) is 12.5. The molecule has 1 amide bonds. The summed E-state index contributed by atoms with van der Waals surface area (Å²) in [6, 6.07) is 1.87. The molecule has 4 nitrogen and oxygen atoms in total. The third-order valence-corrected chi connectivity index (χ3v) is 3.18. The van der Waals surface area contributed by atoms with Crippen LogP contribution in [0.25, 0.3) is 0 Å². The molecule has 0 spiro atoms. The van der Waals surface area contributed by atoms with Crippen LogP contribution < -0.4 is 0 Å². The van der Waals surface area contributed by atoms with Crippen LogP contribution in [0.1, 0.15) is 36.5 Å². The highest BCUT2D eigenvalue weighted by Gasteiger charge is 2.16. The summed E-state index contributed by atoms with van der Waals surface area (Å²) >= 11 is 3.48. The van der Waals surface area contributed by atoms with Crippen molar-refractivity contribution >= 4 is 21.8 Å². The maximum absolute atomic E-state index is 12.2. The number of carbonyl (C=O) groups is 1. The van der Waals surface area contributed by atoms with E-state index in [0.717, 1.165) is 25.1 Å². The van der Waals surface area contributed by atoms with Gasteiger partial charge in [0.2, 0.25) is 0 Å². The van der Waals surface area contributed by atoms with E-state index in [9.17, 15) is 4.79 Å². The lowest BCUT2D eigenvalue weighted by molar-refractivity contribution is 0.0783. The third kappa shape index (κ3) is 3.84. The maximum atomic E-state index is 12.2. The van der Waals surface area contributed by atoms with Crippen LogP contribution >= 0.6 is 15.9 Å². The van der Waals surface area contributed by atoms with Crippen LogP contribution in [0.15, 0.2) is 6.07 Å². The van der Waals surface area contributed by atoms with E-state index >= 15 is 0 Å². The third-order valence-electron chi connectivity index (χ3n) is 2.72. The summed E-state index contributed by atoms with van der Waals surface area (Å²) in [5.41, 5.74) is 1.62. The molecule has 0 N–H and O–H groups in total. The second-order valence-corrected chi connectivity index (χ2v) is 5.86. The van der Waals surface area contributed by atoms with Gasteiger partial charge in [-0.3, -0.25) is 9.48 Å². The predicted molar refractivity (Wildman–Crippen MR) is 72.6 cm³/mol. The van der Waals surface area contributed by atoms with Crippen molar-refractivity contribution in [3.05, 3.63) is 17.5 Å². The summed E-state index contributed by atoms with van der Waals surface area (Å²) in [5.74, 6) is 0.0350. The topological polar surface area (TPSA) is 38.1 Å². The van der Waals surface area contributed by atoms with Gasteiger partial charge in [0.1, 0.15) is 5.69 Å². The maximum Gasteiger partial charge on any atom is 0.271 e. The Balaban J connectivity index is 2.70. The van der Waals surface area contributed by atoms with Gasteiger partial charge in [0.05, 0.1) is 5.69 Å². The van der Waals surface area contributed by atoms with E-state index in [-0.39, 0.29) is 5.91 Å². The zero-order valence-electron chi connectivity index (χ0n) is 10.9. The highest BCUT2D eigenvalue weighted by Crippen LogP contribution is 2.09.